The van der Waals surface area contributed by atoms with Crippen LogP contribution in [0.1, 0.15) is 34.1 Å². The van der Waals surface area contributed by atoms with Crippen molar-refractivity contribution in [2.24, 2.45) is 0 Å². The minimum absolute atomic E-state index is 0.0155. The standard InChI is InChI=1S/C11H20N2O3/c1-8(14)12-6-5-9(7-12)13(10(15)16)11(2,3)4/h9H,5-7H2,1-4H3,(H,15,16)/t9-/m1/s1. The van der Waals surface area contributed by atoms with Crippen LogP contribution in [0.4, 0.5) is 4.79 Å². The highest BCUT2D eigenvalue weighted by molar-refractivity contribution is 5.74. The highest BCUT2D eigenvalue weighted by atomic mass is 16.4. The van der Waals surface area contributed by atoms with Crippen LogP contribution in [0.3, 0.4) is 0 Å². The van der Waals surface area contributed by atoms with Gasteiger partial charge in [0.1, 0.15) is 0 Å². The van der Waals surface area contributed by atoms with E-state index in [1.165, 1.54) is 11.8 Å². The van der Waals surface area contributed by atoms with Crippen LogP contribution in [0.25, 0.3) is 0 Å². The first kappa shape index (κ1) is 12.8. The van der Waals surface area contributed by atoms with Crippen LogP contribution >= 0.6 is 0 Å². The molecule has 2 amide bonds. The molecule has 1 atom stereocenters. The molecule has 0 bridgehead atoms. The third-order valence-electron chi connectivity index (χ3n) is 2.90. The molecule has 1 aliphatic heterocycles. The van der Waals surface area contributed by atoms with Gasteiger partial charge in [0.2, 0.25) is 5.91 Å². The monoisotopic (exact) mass is 228 g/mol. The minimum Gasteiger partial charge on any atom is -0.465 e. The summed E-state index contributed by atoms with van der Waals surface area (Å²) in [6.45, 7) is 8.30. The average molecular weight is 228 g/mol. The van der Waals surface area contributed by atoms with E-state index in [-0.39, 0.29) is 11.9 Å². The quantitative estimate of drug-likeness (QED) is 0.737. The number of carbonyl (C=O) groups excluding carboxylic acids is 1. The Hall–Kier alpha value is -1.26. The minimum atomic E-state index is -0.914. The zero-order chi connectivity index (χ0) is 12.5. The molecule has 1 N–H and O–H groups in total. The molecule has 1 saturated heterocycles. The van der Waals surface area contributed by atoms with Crippen LogP contribution in [0.2, 0.25) is 0 Å². The van der Waals surface area contributed by atoms with Gasteiger partial charge in [-0.05, 0) is 27.2 Å². The van der Waals surface area contributed by atoms with Gasteiger partial charge in [0.05, 0.1) is 6.04 Å². The molecule has 92 valence electrons. The Labute approximate surface area is 96.0 Å². The number of rotatable bonds is 1. The van der Waals surface area contributed by atoms with E-state index in [0.29, 0.717) is 13.1 Å². The van der Waals surface area contributed by atoms with Gasteiger partial charge < -0.3 is 10.0 Å². The van der Waals surface area contributed by atoms with Crippen molar-refractivity contribution in [2.45, 2.75) is 45.7 Å². The number of likely N-dealkylation sites (tertiary alicyclic amines) is 1. The Balaban J connectivity index is 2.76. The van der Waals surface area contributed by atoms with Crippen molar-refractivity contribution in [3.05, 3.63) is 0 Å². The molecular weight excluding hydrogens is 208 g/mol. The molecule has 1 fully saturated rings. The predicted octanol–water partition coefficient (Wildman–Crippen LogP) is 1.39. The lowest BCUT2D eigenvalue weighted by atomic mass is 10.0. The Bertz CT molecular complexity index is 296. The molecule has 1 aliphatic rings. The maximum Gasteiger partial charge on any atom is 0.408 e. The maximum atomic E-state index is 11.2. The summed E-state index contributed by atoms with van der Waals surface area (Å²) in [7, 11) is 0. The molecule has 0 aliphatic carbocycles. The number of hydrogen-bond donors (Lipinski definition) is 1. The summed E-state index contributed by atoms with van der Waals surface area (Å²) in [4.78, 5) is 25.6. The molecule has 0 spiro atoms. The summed E-state index contributed by atoms with van der Waals surface area (Å²) >= 11 is 0. The van der Waals surface area contributed by atoms with Crippen LogP contribution in [0.15, 0.2) is 0 Å². The first-order chi connectivity index (χ1) is 7.23. The summed E-state index contributed by atoms with van der Waals surface area (Å²) in [5, 5.41) is 9.22. The van der Waals surface area contributed by atoms with Crippen LogP contribution in [0, 0.1) is 0 Å². The zero-order valence-corrected chi connectivity index (χ0v) is 10.4. The molecule has 16 heavy (non-hydrogen) atoms. The van der Waals surface area contributed by atoms with E-state index in [9.17, 15) is 14.7 Å². The molecule has 5 heteroatoms. The molecular formula is C11H20N2O3. The molecule has 0 aromatic heterocycles. The number of nitrogens with zero attached hydrogens (tertiary/aromatic N) is 2. The van der Waals surface area contributed by atoms with Crippen LogP contribution in [0.5, 0.6) is 0 Å². The van der Waals surface area contributed by atoms with Crippen LogP contribution in [-0.2, 0) is 4.79 Å². The smallest absolute Gasteiger partial charge is 0.408 e. The SMILES string of the molecule is CC(=O)N1CC[C@@H](N(C(=O)O)C(C)(C)C)C1. The first-order valence-corrected chi connectivity index (χ1v) is 5.51. The van der Waals surface area contributed by atoms with Crippen molar-refractivity contribution < 1.29 is 14.7 Å². The molecule has 1 heterocycles. The second-order valence-corrected chi connectivity index (χ2v) is 5.23. The fourth-order valence-corrected chi connectivity index (χ4v) is 2.23. The van der Waals surface area contributed by atoms with E-state index in [0.717, 1.165) is 6.42 Å². The van der Waals surface area contributed by atoms with Crippen LogP contribution in [-0.4, -0.2) is 51.6 Å². The van der Waals surface area contributed by atoms with E-state index in [2.05, 4.69) is 0 Å². The Morgan fingerprint density at radius 2 is 1.94 bits per heavy atom. The van der Waals surface area contributed by atoms with Gasteiger partial charge in [-0.2, -0.15) is 0 Å². The largest absolute Gasteiger partial charge is 0.465 e. The topological polar surface area (TPSA) is 60.9 Å². The molecule has 5 nitrogen and oxygen atoms in total. The molecule has 0 unspecified atom stereocenters. The molecule has 1 rings (SSSR count). The van der Waals surface area contributed by atoms with Gasteiger partial charge in [0.25, 0.3) is 0 Å². The van der Waals surface area contributed by atoms with Crippen molar-refractivity contribution >= 4 is 12.0 Å². The fourth-order valence-electron chi connectivity index (χ4n) is 2.23. The van der Waals surface area contributed by atoms with Gasteiger partial charge in [-0.3, -0.25) is 9.69 Å². The highest BCUT2D eigenvalue weighted by Gasteiger charge is 2.37. The van der Waals surface area contributed by atoms with Gasteiger partial charge in [0.15, 0.2) is 0 Å². The van der Waals surface area contributed by atoms with Gasteiger partial charge in [-0.25, -0.2) is 4.79 Å². The van der Waals surface area contributed by atoms with Gasteiger partial charge >= 0.3 is 6.09 Å². The van der Waals surface area contributed by atoms with Crippen molar-refractivity contribution in [3.8, 4) is 0 Å². The second-order valence-electron chi connectivity index (χ2n) is 5.23. The summed E-state index contributed by atoms with van der Waals surface area (Å²) < 4.78 is 0. The molecule has 0 aromatic rings. The number of carbonyl (C=O) groups is 2. The second kappa shape index (κ2) is 4.31. The van der Waals surface area contributed by atoms with E-state index in [1.54, 1.807) is 4.90 Å². The molecule has 0 radical (unpaired) electrons. The molecule has 0 saturated carbocycles. The fraction of sp³-hybridized carbons (Fsp3) is 0.818. The van der Waals surface area contributed by atoms with Gasteiger partial charge in [0, 0.05) is 25.6 Å². The first-order valence-electron chi connectivity index (χ1n) is 5.51. The zero-order valence-electron chi connectivity index (χ0n) is 10.4. The van der Waals surface area contributed by atoms with Crippen molar-refractivity contribution in [1.29, 1.82) is 0 Å². The Morgan fingerprint density at radius 1 is 1.38 bits per heavy atom. The van der Waals surface area contributed by atoms with Crippen molar-refractivity contribution in [2.75, 3.05) is 13.1 Å². The Morgan fingerprint density at radius 3 is 2.25 bits per heavy atom. The molecule has 0 aromatic carbocycles. The van der Waals surface area contributed by atoms with E-state index >= 15 is 0 Å². The lowest BCUT2D eigenvalue weighted by Gasteiger charge is -2.37. The summed E-state index contributed by atoms with van der Waals surface area (Å²) in [5.41, 5.74) is -0.427. The number of hydrogen-bond acceptors (Lipinski definition) is 2. The van der Waals surface area contributed by atoms with Crippen LogP contribution < -0.4 is 0 Å². The van der Waals surface area contributed by atoms with E-state index in [4.69, 9.17) is 0 Å². The lowest BCUT2D eigenvalue weighted by Crippen LogP contribution is -2.52. The summed E-state index contributed by atoms with van der Waals surface area (Å²) in [5.74, 6) is 0.0155. The van der Waals surface area contributed by atoms with E-state index < -0.39 is 11.6 Å². The highest BCUT2D eigenvalue weighted by Crippen LogP contribution is 2.24. The van der Waals surface area contributed by atoms with Gasteiger partial charge in [-0.15, -0.1) is 0 Å². The Kier molecular flexibility index (Phi) is 3.45. The van der Waals surface area contributed by atoms with Gasteiger partial charge in [-0.1, -0.05) is 0 Å². The van der Waals surface area contributed by atoms with Crippen molar-refractivity contribution in [3.63, 3.8) is 0 Å². The predicted molar refractivity (Wildman–Crippen MR) is 60.3 cm³/mol. The third kappa shape index (κ3) is 2.65. The lowest BCUT2D eigenvalue weighted by molar-refractivity contribution is -0.128. The summed E-state index contributed by atoms with van der Waals surface area (Å²) in [6, 6.07) is -0.0820. The average Bonchev–Trinajstić information content (AvgIpc) is 2.49. The third-order valence-corrected chi connectivity index (χ3v) is 2.90. The van der Waals surface area contributed by atoms with E-state index in [1.807, 2.05) is 20.8 Å². The van der Waals surface area contributed by atoms with Crippen molar-refractivity contribution in [1.82, 2.24) is 9.80 Å². The maximum absolute atomic E-state index is 11.2. The number of carboxylic acid groups (broad SMARTS) is 1. The number of amides is 2. The normalized spacial score (nSPS) is 21.0. The summed E-state index contributed by atoms with van der Waals surface area (Å²) in [6.07, 6.45) is -0.189.